The molecule has 2 fully saturated rings. The quantitative estimate of drug-likeness (QED) is 0.738. The van der Waals surface area contributed by atoms with Gasteiger partial charge in [-0.25, -0.2) is 0 Å². The first kappa shape index (κ1) is 11.4. The molecular weight excluding hydrogens is 186 g/mol. The van der Waals surface area contributed by atoms with Gasteiger partial charge in [0.15, 0.2) is 0 Å². The molecule has 0 radical (unpaired) electrons. The highest BCUT2D eigenvalue weighted by molar-refractivity contribution is 4.90. The molecule has 0 aromatic rings. The van der Waals surface area contributed by atoms with Gasteiger partial charge in [0.05, 0.1) is 0 Å². The zero-order chi connectivity index (χ0) is 10.8. The van der Waals surface area contributed by atoms with Gasteiger partial charge in [0.1, 0.15) is 0 Å². The maximum atomic E-state index is 3.69. The van der Waals surface area contributed by atoms with Crippen molar-refractivity contribution in [3.8, 4) is 0 Å². The topological polar surface area (TPSA) is 18.5 Å². The number of nitrogens with zero attached hydrogens (tertiary/aromatic N) is 2. The number of rotatable bonds is 3. The Balaban J connectivity index is 1.89. The molecule has 2 aliphatic rings. The summed E-state index contributed by atoms with van der Waals surface area (Å²) in [6.45, 7) is 7.24. The molecule has 1 saturated heterocycles. The number of hydrogen-bond donors (Lipinski definition) is 1. The lowest BCUT2D eigenvalue weighted by molar-refractivity contribution is 0.223. The summed E-state index contributed by atoms with van der Waals surface area (Å²) < 4.78 is 0. The van der Waals surface area contributed by atoms with Crippen LogP contribution in [-0.4, -0.2) is 62.2 Å². The van der Waals surface area contributed by atoms with Crippen LogP contribution in [0.15, 0.2) is 0 Å². The summed E-state index contributed by atoms with van der Waals surface area (Å²) in [4.78, 5) is 5.00. The van der Waals surface area contributed by atoms with Crippen LogP contribution >= 0.6 is 0 Å². The molecule has 2 unspecified atom stereocenters. The van der Waals surface area contributed by atoms with Crippen LogP contribution in [-0.2, 0) is 0 Å². The second-order valence-corrected chi connectivity index (χ2v) is 5.66. The molecule has 0 spiro atoms. The number of likely N-dealkylation sites (N-methyl/N-ethyl adjacent to an activating group) is 1. The van der Waals surface area contributed by atoms with E-state index >= 15 is 0 Å². The molecule has 2 atom stereocenters. The van der Waals surface area contributed by atoms with Crippen LogP contribution in [0.1, 0.15) is 19.8 Å². The molecule has 1 N–H and O–H groups in total. The largest absolute Gasteiger partial charge is 0.311 e. The van der Waals surface area contributed by atoms with Crippen LogP contribution in [0.25, 0.3) is 0 Å². The third-order valence-electron chi connectivity index (χ3n) is 3.40. The normalized spacial score (nSPS) is 34.4. The minimum atomic E-state index is 0.658. The van der Waals surface area contributed by atoms with Gasteiger partial charge >= 0.3 is 0 Å². The van der Waals surface area contributed by atoms with E-state index in [2.05, 4.69) is 36.1 Å². The summed E-state index contributed by atoms with van der Waals surface area (Å²) >= 11 is 0. The summed E-state index contributed by atoms with van der Waals surface area (Å²) in [6, 6.07) is 1.57. The Kier molecular flexibility index (Phi) is 3.65. The molecule has 1 heterocycles. The average molecular weight is 211 g/mol. The molecule has 1 aliphatic carbocycles. The zero-order valence-electron chi connectivity index (χ0n) is 10.4. The van der Waals surface area contributed by atoms with E-state index in [9.17, 15) is 0 Å². The molecule has 3 nitrogen and oxygen atoms in total. The first-order valence-electron chi connectivity index (χ1n) is 6.27. The summed E-state index contributed by atoms with van der Waals surface area (Å²) in [6.07, 6.45) is 2.86. The minimum Gasteiger partial charge on any atom is -0.311 e. The summed E-state index contributed by atoms with van der Waals surface area (Å²) in [5, 5.41) is 3.69. The lowest BCUT2D eigenvalue weighted by Crippen LogP contribution is -2.44. The van der Waals surface area contributed by atoms with E-state index in [0.29, 0.717) is 6.04 Å². The SMILES string of the molecule is CC1CNC(CN(C)C)CN(C2CC2)C1. The van der Waals surface area contributed by atoms with Crippen molar-refractivity contribution in [3.63, 3.8) is 0 Å². The van der Waals surface area contributed by atoms with Gasteiger partial charge in [0.25, 0.3) is 0 Å². The average Bonchev–Trinajstić information content (AvgIpc) is 2.92. The molecule has 1 saturated carbocycles. The molecule has 3 heteroatoms. The lowest BCUT2D eigenvalue weighted by atomic mass is 10.2. The highest BCUT2D eigenvalue weighted by Gasteiger charge is 2.32. The van der Waals surface area contributed by atoms with E-state index in [4.69, 9.17) is 0 Å². The molecule has 15 heavy (non-hydrogen) atoms. The van der Waals surface area contributed by atoms with Crippen molar-refractivity contribution in [2.24, 2.45) is 5.92 Å². The summed E-state index contributed by atoms with van der Waals surface area (Å²) in [7, 11) is 4.33. The van der Waals surface area contributed by atoms with E-state index in [-0.39, 0.29) is 0 Å². The van der Waals surface area contributed by atoms with Crippen molar-refractivity contribution in [2.45, 2.75) is 31.8 Å². The molecule has 0 aromatic heterocycles. The van der Waals surface area contributed by atoms with Crippen molar-refractivity contribution in [1.82, 2.24) is 15.1 Å². The maximum absolute atomic E-state index is 3.69. The van der Waals surface area contributed by atoms with Gasteiger partial charge in [0.2, 0.25) is 0 Å². The Hall–Kier alpha value is -0.120. The van der Waals surface area contributed by atoms with E-state index in [1.807, 2.05) is 0 Å². The van der Waals surface area contributed by atoms with E-state index < -0.39 is 0 Å². The predicted octanol–water partition coefficient (Wildman–Crippen LogP) is 0.620. The van der Waals surface area contributed by atoms with Crippen molar-refractivity contribution in [1.29, 1.82) is 0 Å². The van der Waals surface area contributed by atoms with E-state index in [1.54, 1.807) is 0 Å². The van der Waals surface area contributed by atoms with Crippen molar-refractivity contribution in [2.75, 3.05) is 40.3 Å². The molecule has 0 aromatic carbocycles. The Morgan fingerprint density at radius 3 is 2.60 bits per heavy atom. The third-order valence-corrected chi connectivity index (χ3v) is 3.40. The van der Waals surface area contributed by atoms with Crippen LogP contribution in [0, 0.1) is 5.92 Å². The highest BCUT2D eigenvalue weighted by atomic mass is 15.2. The van der Waals surface area contributed by atoms with Crippen molar-refractivity contribution in [3.05, 3.63) is 0 Å². The smallest absolute Gasteiger partial charge is 0.0322 e. The van der Waals surface area contributed by atoms with Crippen LogP contribution in [0.3, 0.4) is 0 Å². The molecule has 1 aliphatic heterocycles. The van der Waals surface area contributed by atoms with Gasteiger partial charge in [-0.3, -0.25) is 4.90 Å². The molecular formula is C12H25N3. The van der Waals surface area contributed by atoms with E-state index in [1.165, 1.54) is 32.5 Å². The fraction of sp³-hybridized carbons (Fsp3) is 1.00. The van der Waals surface area contributed by atoms with Crippen molar-refractivity contribution < 1.29 is 0 Å². The van der Waals surface area contributed by atoms with Gasteiger partial charge in [-0.1, -0.05) is 6.92 Å². The Morgan fingerprint density at radius 1 is 1.27 bits per heavy atom. The van der Waals surface area contributed by atoms with Crippen LogP contribution in [0.5, 0.6) is 0 Å². The molecule has 2 rings (SSSR count). The molecule has 88 valence electrons. The molecule has 0 bridgehead atoms. The summed E-state index contributed by atoms with van der Waals surface area (Å²) in [5.41, 5.74) is 0. The maximum Gasteiger partial charge on any atom is 0.0322 e. The van der Waals surface area contributed by atoms with Gasteiger partial charge in [-0.2, -0.15) is 0 Å². The number of nitrogens with one attached hydrogen (secondary N) is 1. The Labute approximate surface area is 93.8 Å². The first-order valence-corrected chi connectivity index (χ1v) is 6.27. The van der Waals surface area contributed by atoms with Gasteiger partial charge < -0.3 is 10.2 Å². The fourth-order valence-corrected chi connectivity index (χ4v) is 2.56. The predicted molar refractivity (Wildman–Crippen MR) is 64.1 cm³/mol. The second-order valence-electron chi connectivity index (χ2n) is 5.66. The minimum absolute atomic E-state index is 0.658. The van der Waals surface area contributed by atoms with Crippen molar-refractivity contribution >= 4 is 0 Å². The third kappa shape index (κ3) is 3.44. The van der Waals surface area contributed by atoms with Crippen LogP contribution < -0.4 is 5.32 Å². The zero-order valence-corrected chi connectivity index (χ0v) is 10.4. The summed E-state index contributed by atoms with van der Waals surface area (Å²) in [5.74, 6) is 0.803. The Morgan fingerprint density at radius 2 is 2.00 bits per heavy atom. The van der Waals surface area contributed by atoms with Crippen LogP contribution in [0.2, 0.25) is 0 Å². The fourth-order valence-electron chi connectivity index (χ4n) is 2.56. The lowest BCUT2D eigenvalue weighted by Gasteiger charge is -2.26. The monoisotopic (exact) mass is 211 g/mol. The van der Waals surface area contributed by atoms with Gasteiger partial charge in [-0.15, -0.1) is 0 Å². The Bertz CT molecular complexity index is 201. The first-order chi connectivity index (χ1) is 7.15. The van der Waals surface area contributed by atoms with Gasteiger partial charge in [0, 0.05) is 31.7 Å². The van der Waals surface area contributed by atoms with E-state index in [0.717, 1.165) is 18.5 Å². The van der Waals surface area contributed by atoms with Crippen LogP contribution in [0.4, 0.5) is 0 Å². The second kappa shape index (κ2) is 4.81. The number of hydrogen-bond acceptors (Lipinski definition) is 3. The van der Waals surface area contributed by atoms with Gasteiger partial charge in [-0.05, 0) is 39.4 Å². The highest BCUT2D eigenvalue weighted by Crippen LogP contribution is 2.28. The standard InChI is InChI=1S/C12H25N3/c1-10-6-13-11(8-14(2)3)9-15(7-10)12-4-5-12/h10-13H,4-9H2,1-3H3. The molecule has 0 amide bonds.